The first kappa shape index (κ1) is 19.9. The Morgan fingerprint density at radius 1 is 1.33 bits per heavy atom. The molecule has 0 aliphatic carbocycles. The van der Waals surface area contributed by atoms with Gasteiger partial charge < -0.3 is 10.2 Å². The van der Waals surface area contributed by atoms with Crippen LogP contribution in [-0.2, 0) is 4.79 Å². The van der Waals surface area contributed by atoms with Gasteiger partial charge in [0.15, 0.2) is 5.82 Å². The highest BCUT2D eigenvalue weighted by Crippen LogP contribution is 2.27. The van der Waals surface area contributed by atoms with Crippen LogP contribution in [0.15, 0.2) is 35.6 Å². The van der Waals surface area contributed by atoms with Crippen molar-refractivity contribution in [3.63, 3.8) is 0 Å². The third kappa shape index (κ3) is 5.32. The first-order chi connectivity index (χ1) is 12.9. The Balaban J connectivity index is 1.59. The van der Waals surface area contributed by atoms with Gasteiger partial charge in [0.1, 0.15) is 17.2 Å². The summed E-state index contributed by atoms with van der Waals surface area (Å²) in [5, 5.41) is 3.23. The van der Waals surface area contributed by atoms with Gasteiger partial charge in [-0.15, -0.1) is 0 Å². The molecule has 144 valence electrons. The molecule has 0 unspecified atom stereocenters. The van der Waals surface area contributed by atoms with E-state index < -0.39 is 5.82 Å². The monoisotopic (exact) mass is 408 g/mol. The number of nitrogens with one attached hydrogen (secondary N) is 1. The fourth-order valence-electron chi connectivity index (χ4n) is 3.36. The molecule has 27 heavy (non-hydrogen) atoms. The molecule has 1 aliphatic heterocycles. The Kier molecular flexibility index (Phi) is 6.55. The molecule has 1 amide bonds. The Labute approximate surface area is 167 Å². The molecule has 0 bridgehead atoms. The van der Waals surface area contributed by atoms with Gasteiger partial charge in [-0.2, -0.15) is 0 Å². The van der Waals surface area contributed by atoms with E-state index in [0.717, 1.165) is 18.9 Å². The van der Waals surface area contributed by atoms with Crippen molar-refractivity contribution in [1.82, 2.24) is 9.97 Å². The number of halogens is 2. The molecule has 1 aromatic heterocycles. The van der Waals surface area contributed by atoms with E-state index in [0.29, 0.717) is 16.9 Å². The van der Waals surface area contributed by atoms with Gasteiger partial charge in [-0.05, 0) is 30.4 Å². The van der Waals surface area contributed by atoms with Gasteiger partial charge in [-0.1, -0.05) is 43.3 Å². The largest absolute Gasteiger partial charge is 0.356 e. The van der Waals surface area contributed by atoms with Crippen LogP contribution < -0.4 is 10.2 Å². The molecule has 0 spiro atoms. The molecule has 8 heteroatoms. The quantitative estimate of drug-likeness (QED) is 0.583. The van der Waals surface area contributed by atoms with Gasteiger partial charge in [0.2, 0.25) is 5.91 Å². The van der Waals surface area contributed by atoms with Gasteiger partial charge in [0.05, 0.1) is 16.5 Å². The van der Waals surface area contributed by atoms with Crippen molar-refractivity contribution in [3.8, 4) is 0 Å². The minimum Gasteiger partial charge on any atom is -0.356 e. The number of hydrogen-bond donors (Lipinski definition) is 1. The van der Waals surface area contributed by atoms with Crippen molar-refractivity contribution < 1.29 is 9.18 Å². The lowest BCUT2D eigenvalue weighted by molar-refractivity contribution is -0.113. The SMILES string of the molecule is C[C@@H]1C[C@@H](C)CN(c2cc(SCC(=O)Nc3cccc(Cl)c3F)ncn2)C1. The van der Waals surface area contributed by atoms with Gasteiger partial charge in [-0.3, -0.25) is 4.79 Å². The van der Waals surface area contributed by atoms with E-state index in [4.69, 9.17) is 11.6 Å². The van der Waals surface area contributed by atoms with E-state index in [1.54, 1.807) is 6.07 Å². The highest BCUT2D eigenvalue weighted by Gasteiger charge is 2.23. The smallest absolute Gasteiger partial charge is 0.234 e. The summed E-state index contributed by atoms with van der Waals surface area (Å²) in [5.74, 6) is 1.30. The molecule has 2 aromatic rings. The molecule has 1 saturated heterocycles. The van der Waals surface area contributed by atoms with Crippen LogP contribution >= 0.6 is 23.4 Å². The van der Waals surface area contributed by atoms with Crippen LogP contribution in [-0.4, -0.2) is 34.7 Å². The summed E-state index contributed by atoms with van der Waals surface area (Å²) in [6, 6.07) is 6.41. The maximum atomic E-state index is 13.9. The number of aromatic nitrogens is 2. The van der Waals surface area contributed by atoms with Crippen molar-refractivity contribution in [1.29, 1.82) is 0 Å². The number of anilines is 2. The first-order valence-electron chi connectivity index (χ1n) is 8.86. The normalized spacial score (nSPS) is 19.8. The van der Waals surface area contributed by atoms with Crippen LogP contribution in [0, 0.1) is 17.7 Å². The van der Waals surface area contributed by atoms with E-state index in [1.165, 1.54) is 36.6 Å². The molecule has 2 atom stereocenters. The molecule has 2 heterocycles. The van der Waals surface area contributed by atoms with E-state index in [1.807, 2.05) is 6.07 Å². The Morgan fingerprint density at radius 3 is 2.81 bits per heavy atom. The Morgan fingerprint density at radius 2 is 2.07 bits per heavy atom. The molecule has 0 radical (unpaired) electrons. The minimum absolute atomic E-state index is 0.0223. The molecular weight excluding hydrogens is 387 g/mol. The Bertz CT molecular complexity index is 812. The maximum Gasteiger partial charge on any atom is 0.234 e. The van der Waals surface area contributed by atoms with Crippen LogP contribution in [0.4, 0.5) is 15.9 Å². The number of nitrogens with zero attached hydrogens (tertiary/aromatic N) is 3. The molecule has 0 saturated carbocycles. The molecule has 5 nitrogen and oxygen atoms in total. The number of piperidine rings is 1. The average Bonchev–Trinajstić information content (AvgIpc) is 2.63. The Hall–Kier alpha value is -1.86. The van der Waals surface area contributed by atoms with Crippen LogP contribution in [0.5, 0.6) is 0 Å². The summed E-state index contributed by atoms with van der Waals surface area (Å²) in [6.45, 7) is 6.44. The highest BCUT2D eigenvalue weighted by molar-refractivity contribution is 7.99. The second-order valence-electron chi connectivity index (χ2n) is 7.00. The number of carbonyl (C=O) groups excluding carboxylic acids is 1. The summed E-state index contributed by atoms with van der Waals surface area (Å²) in [7, 11) is 0. The fourth-order valence-corrected chi connectivity index (χ4v) is 4.19. The average molecular weight is 409 g/mol. The van der Waals surface area contributed by atoms with Crippen molar-refractivity contribution >= 4 is 40.8 Å². The minimum atomic E-state index is -0.629. The first-order valence-corrected chi connectivity index (χ1v) is 10.2. The number of hydrogen-bond acceptors (Lipinski definition) is 5. The molecule has 1 aliphatic rings. The van der Waals surface area contributed by atoms with Crippen molar-refractivity contribution in [2.75, 3.05) is 29.1 Å². The number of carbonyl (C=O) groups is 1. The number of thioether (sulfide) groups is 1. The van der Waals surface area contributed by atoms with Gasteiger partial charge in [0, 0.05) is 19.2 Å². The van der Waals surface area contributed by atoms with Crippen molar-refractivity contribution in [2.24, 2.45) is 11.8 Å². The third-order valence-electron chi connectivity index (χ3n) is 4.40. The van der Waals surface area contributed by atoms with E-state index >= 15 is 0 Å². The summed E-state index contributed by atoms with van der Waals surface area (Å²) in [6.07, 6.45) is 2.75. The molecule has 1 fully saturated rings. The molecular formula is C19H22ClFN4OS. The van der Waals surface area contributed by atoms with E-state index in [-0.39, 0.29) is 22.4 Å². The number of amides is 1. The zero-order valence-electron chi connectivity index (χ0n) is 15.3. The molecule has 3 rings (SSSR count). The van der Waals surface area contributed by atoms with Gasteiger partial charge in [-0.25, -0.2) is 14.4 Å². The zero-order chi connectivity index (χ0) is 19.4. The predicted molar refractivity (Wildman–Crippen MR) is 108 cm³/mol. The molecule has 1 aromatic carbocycles. The lowest BCUT2D eigenvalue weighted by Gasteiger charge is -2.35. The van der Waals surface area contributed by atoms with Gasteiger partial charge >= 0.3 is 0 Å². The highest BCUT2D eigenvalue weighted by atomic mass is 35.5. The van der Waals surface area contributed by atoms with Crippen molar-refractivity contribution in [2.45, 2.75) is 25.3 Å². The molecule has 1 N–H and O–H groups in total. The summed E-state index contributed by atoms with van der Waals surface area (Å²) >= 11 is 7.02. The second-order valence-corrected chi connectivity index (χ2v) is 8.41. The van der Waals surface area contributed by atoms with E-state index in [2.05, 4.69) is 34.0 Å². The summed E-state index contributed by atoms with van der Waals surface area (Å²) in [5.41, 5.74) is 0.0766. The standard InChI is InChI=1S/C19H22ClFN4OS/c1-12-6-13(2)9-25(8-12)16-7-18(23-11-22-16)27-10-17(26)24-15-5-3-4-14(20)19(15)21/h3-5,7,11-13H,6,8-10H2,1-2H3,(H,24,26)/t12-,13-/m1/s1. The number of benzene rings is 1. The fraction of sp³-hybridized carbons (Fsp3) is 0.421. The second kappa shape index (κ2) is 8.89. The van der Waals surface area contributed by atoms with Crippen LogP contribution in [0.25, 0.3) is 0 Å². The maximum absolute atomic E-state index is 13.9. The third-order valence-corrected chi connectivity index (χ3v) is 5.61. The predicted octanol–water partition coefficient (Wildman–Crippen LogP) is 4.48. The van der Waals surface area contributed by atoms with Crippen LogP contribution in [0.3, 0.4) is 0 Å². The number of rotatable bonds is 5. The lowest BCUT2D eigenvalue weighted by atomic mass is 9.92. The van der Waals surface area contributed by atoms with Gasteiger partial charge in [0.25, 0.3) is 0 Å². The van der Waals surface area contributed by atoms with Crippen LogP contribution in [0.2, 0.25) is 5.02 Å². The topological polar surface area (TPSA) is 58.1 Å². The summed E-state index contributed by atoms with van der Waals surface area (Å²) < 4.78 is 13.9. The lowest BCUT2D eigenvalue weighted by Crippen LogP contribution is -2.39. The van der Waals surface area contributed by atoms with E-state index in [9.17, 15) is 9.18 Å². The van der Waals surface area contributed by atoms with Crippen LogP contribution in [0.1, 0.15) is 20.3 Å². The summed E-state index contributed by atoms with van der Waals surface area (Å²) in [4.78, 5) is 23.0. The zero-order valence-corrected chi connectivity index (χ0v) is 16.9. The van der Waals surface area contributed by atoms with Crippen molar-refractivity contribution in [3.05, 3.63) is 41.4 Å².